The number of hydrogen-bond acceptors (Lipinski definition) is 5. The number of fused-ring (bicyclic) bond motifs is 2. The summed E-state index contributed by atoms with van der Waals surface area (Å²) < 4.78 is 40.3. The van der Waals surface area contributed by atoms with E-state index in [0.29, 0.717) is 39.3 Å². The number of amides is 1. The number of aromatic carboxylic acids is 1. The molecule has 1 aromatic carbocycles. The summed E-state index contributed by atoms with van der Waals surface area (Å²) in [6.45, 7) is 3.26. The maximum absolute atomic E-state index is 13.6. The van der Waals surface area contributed by atoms with E-state index in [1.807, 2.05) is 0 Å². The first kappa shape index (κ1) is 20.9. The van der Waals surface area contributed by atoms with Gasteiger partial charge in [-0.25, -0.2) is 18.1 Å². The van der Waals surface area contributed by atoms with Crippen molar-refractivity contribution < 1.29 is 32.6 Å². The third-order valence-electron chi connectivity index (χ3n) is 5.99. The predicted octanol–water partition coefficient (Wildman–Crippen LogP) is 4.72. The molecule has 0 aliphatic heterocycles. The van der Waals surface area contributed by atoms with Gasteiger partial charge in [-0.1, -0.05) is 0 Å². The van der Waals surface area contributed by atoms with E-state index in [2.05, 4.69) is 10.4 Å². The van der Waals surface area contributed by atoms with Crippen LogP contribution in [-0.4, -0.2) is 38.6 Å². The van der Waals surface area contributed by atoms with Crippen molar-refractivity contribution in [3.05, 3.63) is 59.1 Å². The van der Waals surface area contributed by atoms with Crippen molar-refractivity contribution in [2.75, 3.05) is 0 Å². The molecule has 0 unspecified atom stereocenters. The number of aromatic nitrogens is 2. The van der Waals surface area contributed by atoms with E-state index < -0.39 is 23.8 Å². The highest BCUT2D eigenvalue weighted by Gasteiger charge is 2.49. The fourth-order valence-electron chi connectivity index (χ4n) is 4.11. The highest BCUT2D eigenvalue weighted by atomic mass is 19.3. The van der Waals surface area contributed by atoms with Crippen LogP contribution in [0.2, 0.25) is 0 Å². The Morgan fingerprint density at radius 1 is 1.30 bits per heavy atom. The first-order chi connectivity index (χ1) is 15.7. The second kappa shape index (κ2) is 7.29. The number of ether oxygens (including phenoxy) is 1. The van der Waals surface area contributed by atoms with E-state index in [0.717, 1.165) is 0 Å². The molecule has 1 saturated carbocycles. The van der Waals surface area contributed by atoms with Crippen LogP contribution in [0.15, 0.2) is 41.1 Å². The van der Waals surface area contributed by atoms with E-state index in [1.165, 1.54) is 16.9 Å². The van der Waals surface area contributed by atoms with E-state index in [-0.39, 0.29) is 24.0 Å². The van der Waals surface area contributed by atoms with Gasteiger partial charge < -0.3 is 19.6 Å². The molecule has 33 heavy (non-hydrogen) atoms. The Bertz CT molecular complexity index is 1440. The molecule has 3 aromatic heterocycles. The van der Waals surface area contributed by atoms with Gasteiger partial charge in [0, 0.05) is 30.1 Å². The van der Waals surface area contributed by atoms with Crippen molar-refractivity contribution in [2.45, 2.75) is 38.7 Å². The third kappa shape index (κ3) is 3.38. The lowest BCUT2D eigenvalue weighted by Crippen LogP contribution is -2.55. The number of carboxylic acid groups (broad SMARTS) is 1. The Morgan fingerprint density at radius 3 is 2.76 bits per heavy atom. The Balaban J connectivity index is 1.47. The van der Waals surface area contributed by atoms with Gasteiger partial charge in [-0.3, -0.25) is 4.79 Å². The average Bonchev–Trinajstić information content (AvgIpc) is 3.27. The van der Waals surface area contributed by atoms with Crippen molar-refractivity contribution in [1.82, 2.24) is 14.9 Å². The zero-order valence-corrected chi connectivity index (χ0v) is 17.7. The van der Waals surface area contributed by atoms with Gasteiger partial charge in [-0.2, -0.15) is 5.10 Å². The molecule has 10 heteroatoms. The second-order valence-corrected chi connectivity index (χ2v) is 8.08. The smallest absolute Gasteiger partial charge is 0.337 e. The fourth-order valence-corrected chi connectivity index (χ4v) is 4.11. The van der Waals surface area contributed by atoms with E-state index in [1.54, 1.807) is 38.1 Å². The molecule has 1 amide bonds. The molecule has 0 bridgehead atoms. The predicted molar refractivity (Wildman–Crippen MR) is 113 cm³/mol. The van der Waals surface area contributed by atoms with Crippen molar-refractivity contribution in [2.24, 2.45) is 0 Å². The van der Waals surface area contributed by atoms with Crippen LogP contribution in [0.5, 0.6) is 11.5 Å². The van der Waals surface area contributed by atoms with Crippen LogP contribution in [0.1, 0.15) is 44.9 Å². The maximum atomic E-state index is 13.6. The van der Waals surface area contributed by atoms with Crippen LogP contribution in [0.4, 0.5) is 8.78 Å². The summed E-state index contributed by atoms with van der Waals surface area (Å²) in [7, 11) is 0. The van der Waals surface area contributed by atoms with Gasteiger partial charge in [0.15, 0.2) is 5.75 Å². The van der Waals surface area contributed by atoms with Crippen LogP contribution < -0.4 is 10.1 Å². The summed E-state index contributed by atoms with van der Waals surface area (Å²) in [6.07, 6.45) is 2.90. The van der Waals surface area contributed by atoms with Crippen LogP contribution in [0.25, 0.3) is 16.5 Å². The zero-order chi connectivity index (χ0) is 23.5. The standard InChI is InChI=1S/C23H19F2N3O5/c1-11-15(22(30)31)10-28-20(11)16(6-8-26-28)33-13-3-4-14-17(9-13)32-12(2)19(14)21(29)27-18-5-7-23(18,24)25/h3-4,6,8-10,18H,5,7H2,1-2H3,(H,27,29)(H,30,31)/t18-/m1/s1. The van der Waals surface area contributed by atoms with Crippen molar-refractivity contribution >= 4 is 28.4 Å². The van der Waals surface area contributed by atoms with Gasteiger partial charge in [0.05, 0.1) is 23.4 Å². The lowest BCUT2D eigenvalue weighted by molar-refractivity contribution is -0.102. The van der Waals surface area contributed by atoms with Crippen LogP contribution in [0.3, 0.4) is 0 Å². The summed E-state index contributed by atoms with van der Waals surface area (Å²) in [5, 5.41) is 16.4. The topological polar surface area (TPSA) is 106 Å². The van der Waals surface area contributed by atoms with Crippen LogP contribution in [-0.2, 0) is 0 Å². The fraction of sp³-hybridized carbons (Fsp3) is 0.261. The molecular formula is C23H19F2N3O5. The number of carbonyl (C=O) groups is 2. The zero-order valence-electron chi connectivity index (χ0n) is 17.7. The normalized spacial score (nSPS) is 17.2. The van der Waals surface area contributed by atoms with Crippen molar-refractivity contribution in [3.63, 3.8) is 0 Å². The lowest BCUT2D eigenvalue weighted by atomic mass is 9.87. The molecule has 1 aliphatic carbocycles. The van der Waals surface area contributed by atoms with Gasteiger partial charge in [0.1, 0.15) is 22.6 Å². The summed E-state index contributed by atoms with van der Waals surface area (Å²) >= 11 is 0. The largest absolute Gasteiger partial charge is 0.478 e. The Labute approximate surface area is 185 Å². The molecular weight excluding hydrogens is 436 g/mol. The van der Waals surface area contributed by atoms with E-state index >= 15 is 0 Å². The first-order valence-corrected chi connectivity index (χ1v) is 10.3. The SMILES string of the molecule is Cc1oc2cc(Oc3ccnn4cc(C(=O)O)c(C)c34)ccc2c1C(=O)N[C@@H]1CCC1(F)F. The first-order valence-electron chi connectivity index (χ1n) is 10.3. The average molecular weight is 455 g/mol. The number of hydrogen-bond donors (Lipinski definition) is 2. The highest BCUT2D eigenvalue weighted by Crippen LogP contribution is 2.38. The minimum Gasteiger partial charge on any atom is -0.478 e. The Kier molecular flexibility index (Phi) is 4.62. The number of benzene rings is 1. The van der Waals surface area contributed by atoms with Crippen LogP contribution in [0, 0.1) is 13.8 Å². The summed E-state index contributed by atoms with van der Waals surface area (Å²) in [4.78, 5) is 24.1. The molecule has 170 valence electrons. The minimum atomic E-state index is -2.89. The Hall–Kier alpha value is -3.95. The monoisotopic (exact) mass is 455 g/mol. The van der Waals surface area contributed by atoms with Crippen molar-refractivity contribution in [1.29, 1.82) is 0 Å². The molecule has 2 N–H and O–H groups in total. The quantitative estimate of drug-likeness (QED) is 0.451. The van der Waals surface area contributed by atoms with E-state index in [4.69, 9.17) is 9.15 Å². The highest BCUT2D eigenvalue weighted by molar-refractivity contribution is 6.07. The van der Waals surface area contributed by atoms with Gasteiger partial charge in [-0.05, 0) is 38.0 Å². The number of nitrogens with one attached hydrogen (secondary N) is 1. The number of alkyl halides is 2. The molecule has 0 radical (unpaired) electrons. The molecule has 1 atom stereocenters. The Morgan fingerprint density at radius 2 is 2.09 bits per heavy atom. The molecule has 1 aliphatic rings. The molecule has 3 heterocycles. The third-order valence-corrected chi connectivity index (χ3v) is 5.99. The minimum absolute atomic E-state index is 0.114. The van der Waals surface area contributed by atoms with Gasteiger partial charge in [-0.15, -0.1) is 0 Å². The number of furan rings is 1. The molecule has 4 aromatic rings. The second-order valence-electron chi connectivity index (χ2n) is 8.08. The van der Waals surface area contributed by atoms with Crippen LogP contribution >= 0.6 is 0 Å². The molecule has 0 spiro atoms. The number of nitrogens with zero attached hydrogens (tertiary/aromatic N) is 2. The number of carbonyl (C=O) groups excluding carboxylic acids is 1. The summed E-state index contributed by atoms with van der Waals surface area (Å²) in [6, 6.07) is 5.28. The van der Waals surface area contributed by atoms with Gasteiger partial charge in [0.25, 0.3) is 11.8 Å². The van der Waals surface area contributed by atoms with E-state index in [9.17, 15) is 23.5 Å². The molecule has 1 fully saturated rings. The lowest BCUT2D eigenvalue weighted by Gasteiger charge is -2.36. The molecule has 0 saturated heterocycles. The number of aryl methyl sites for hydroxylation is 2. The number of carboxylic acids is 1. The van der Waals surface area contributed by atoms with Crippen molar-refractivity contribution in [3.8, 4) is 11.5 Å². The number of halogens is 2. The van der Waals surface area contributed by atoms with Gasteiger partial charge >= 0.3 is 5.97 Å². The molecule has 8 nitrogen and oxygen atoms in total. The molecule has 5 rings (SSSR count). The maximum Gasteiger partial charge on any atom is 0.337 e. The summed E-state index contributed by atoms with van der Waals surface area (Å²) in [5.41, 5.74) is 1.70. The summed E-state index contributed by atoms with van der Waals surface area (Å²) in [5.74, 6) is -3.48. The van der Waals surface area contributed by atoms with Gasteiger partial charge in [0.2, 0.25) is 0 Å². The number of rotatable bonds is 5.